The largest absolute Gasteiger partial charge is 0.494 e. The van der Waals surface area contributed by atoms with Crippen molar-refractivity contribution in [2.24, 2.45) is 0 Å². The number of nitrogens with zero attached hydrogens (tertiary/aromatic N) is 3. The molecule has 0 aliphatic rings. The molecule has 0 aliphatic carbocycles. The van der Waals surface area contributed by atoms with Gasteiger partial charge >= 0.3 is 11.4 Å². The molecule has 1 radical (unpaired) electrons. The van der Waals surface area contributed by atoms with Crippen LogP contribution in [-0.2, 0) is 19.5 Å². The van der Waals surface area contributed by atoms with E-state index in [0.717, 1.165) is 26.1 Å². The number of aryl methyl sites for hydroxylation is 1. The van der Waals surface area contributed by atoms with Crippen LogP contribution in [0.4, 0.5) is 0 Å². The Morgan fingerprint density at radius 2 is 1.64 bits per heavy atom. The van der Waals surface area contributed by atoms with E-state index < -0.39 is 17.0 Å². The van der Waals surface area contributed by atoms with E-state index in [1.54, 1.807) is 28.8 Å². The van der Waals surface area contributed by atoms with E-state index in [4.69, 9.17) is 4.74 Å². The molecule has 10 nitrogen and oxygen atoms in total. The summed E-state index contributed by atoms with van der Waals surface area (Å²) in [6.07, 6.45) is 0.711. The number of fused-ring (bicyclic) bond motifs is 1. The predicted molar refractivity (Wildman–Crippen MR) is 175 cm³/mol. The Labute approximate surface area is 303 Å². The van der Waals surface area contributed by atoms with Gasteiger partial charge in [0, 0.05) is 67.4 Å². The molecule has 0 saturated heterocycles. The molecule has 45 heavy (non-hydrogen) atoms. The molecular formula is C33H28KN4O6S. The van der Waals surface area contributed by atoms with Crippen molar-refractivity contribution < 1.29 is 14.1 Å². The van der Waals surface area contributed by atoms with Crippen molar-refractivity contribution in [3.05, 3.63) is 126 Å². The van der Waals surface area contributed by atoms with E-state index in [9.17, 15) is 19.2 Å². The number of aromatic nitrogens is 4. The van der Waals surface area contributed by atoms with Crippen molar-refractivity contribution in [3.8, 4) is 28.3 Å². The average molecular weight is 648 g/mol. The van der Waals surface area contributed by atoms with Crippen molar-refractivity contribution in [2.75, 3.05) is 6.61 Å². The first-order chi connectivity index (χ1) is 21.4. The van der Waals surface area contributed by atoms with Crippen molar-refractivity contribution in [1.82, 2.24) is 19.3 Å². The molecule has 0 bridgehead atoms. The van der Waals surface area contributed by atoms with Gasteiger partial charge in [0.2, 0.25) is 0 Å². The number of hydrogen-bond acceptors (Lipinski definition) is 8. The van der Waals surface area contributed by atoms with Gasteiger partial charge in [-0.1, -0.05) is 60.6 Å². The van der Waals surface area contributed by atoms with Crippen molar-refractivity contribution in [2.45, 2.75) is 33.4 Å². The fourth-order valence-electron chi connectivity index (χ4n) is 5.10. The van der Waals surface area contributed by atoms with Crippen LogP contribution in [0.1, 0.15) is 34.6 Å². The van der Waals surface area contributed by atoms with Crippen LogP contribution in [-0.4, -0.2) is 83.0 Å². The third-order valence-electron chi connectivity index (χ3n) is 7.31. The van der Waals surface area contributed by atoms with E-state index in [0.29, 0.717) is 45.9 Å². The number of carbonyl (C=O) groups excluding carboxylic acids is 1. The first kappa shape index (κ1) is 32.7. The number of thiophene rings is 1. The molecule has 0 amide bonds. The van der Waals surface area contributed by atoms with E-state index >= 15 is 0 Å². The quantitative estimate of drug-likeness (QED) is 0.168. The number of aromatic amines is 1. The third-order valence-corrected chi connectivity index (χ3v) is 8.61. The van der Waals surface area contributed by atoms with Gasteiger partial charge in [-0.25, -0.2) is 9.59 Å². The minimum Gasteiger partial charge on any atom is -0.494 e. The van der Waals surface area contributed by atoms with Gasteiger partial charge in [-0.05, 0) is 60.4 Å². The summed E-state index contributed by atoms with van der Waals surface area (Å²) >= 11 is 1.41. The second-order valence-corrected chi connectivity index (χ2v) is 11.2. The van der Waals surface area contributed by atoms with Crippen LogP contribution in [0.25, 0.3) is 32.7 Å². The van der Waals surface area contributed by atoms with Gasteiger partial charge < -0.3 is 4.74 Å². The minimum absolute atomic E-state index is 0. The number of rotatable bonds is 10. The van der Waals surface area contributed by atoms with Crippen LogP contribution in [0.2, 0.25) is 0 Å². The van der Waals surface area contributed by atoms with Gasteiger partial charge in [0.25, 0.3) is 5.56 Å². The molecule has 6 rings (SSSR count). The third kappa shape index (κ3) is 6.81. The molecular weight excluding hydrogens is 620 g/mol. The Morgan fingerprint density at radius 3 is 2.29 bits per heavy atom. The molecule has 0 saturated carbocycles. The van der Waals surface area contributed by atoms with Gasteiger partial charge in [0.05, 0.1) is 25.1 Å². The summed E-state index contributed by atoms with van der Waals surface area (Å²) in [6.45, 7) is 4.20. The fraction of sp³-hybridized carbons (Fsp3) is 0.182. The maximum Gasteiger partial charge on any atom is 0.439 e. The summed E-state index contributed by atoms with van der Waals surface area (Å²) in [7, 11) is 0. The first-order valence-electron chi connectivity index (χ1n) is 14.1. The Kier molecular flexibility index (Phi) is 10.3. The number of H-pyrrole nitrogens is 1. The molecule has 0 fully saturated rings. The Balaban J connectivity index is 0.00000400. The summed E-state index contributed by atoms with van der Waals surface area (Å²) in [5, 5.41) is 4.24. The maximum absolute atomic E-state index is 13.8. The van der Waals surface area contributed by atoms with E-state index in [1.165, 1.54) is 11.3 Å². The summed E-state index contributed by atoms with van der Waals surface area (Å²) in [6, 6.07) is 23.6. The molecule has 6 aromatic rings. The van der Waals surface area contributed by atoms with E-state index in [2.05, 4.69) is 14.7 Å². The standard InChI is InChI=1S/C33H28N4O6S.K/c1-3-24-17-27-30(39)36(19-28(38)22-13-15-23(16-14-22)42-4-2)33(41)37(31(27)44-24)18-20-9-11-21(12-10-20)25-7-5-6-8-26(25)29-34-32(40)43-35-29;/h5-17H,3-4,18-19H2,1-2H3,(H,34,35,40);. The van der Waals surface area contributed by atoms with Crippen LogP contribution >= 0.6 is 11.3 Å². The van der Waals surface area contributed by atoms with Gasteiger partial charge in [-0.2, -0.15) is 0 Å². The van der Waals surface area contributed by atoms with Crippen molar-refractivity contribution in [3.63, 3.8) is 0 Å². The molecule has 0 atom stereocenters. The van der Waals surface area contributed by atoms with Crippen LogP contribution < -0.4 is 21.7 Å². The van der Waals surface area contributed by atoms with Gasteiger partial charge in [0.15, 0.2) is 11.6 Å². The van der Waals surface area contributed by atoms with Crippen LogP contribution in [0, 0.1) is 0 Å². The van der Waals surface area contributed by atoms with Crippen LogP contribution in [0.5, 0.6) is 5.75 Å². The Bertz CT molecular complexity index is 2160. The summed E-state index contributed by atoms with van der Waals surface area (Å²) in [4.78, 5) is 56.2. The number of ketones is 1. The molecule has 0 aliphatic heterocycles. The van der Waals surface area contributed by atoms with Crippen molar-refractivity contribution in [1.29, 1.82) is 0 Å². The second-order valence-electron chi connectivity index (χ2n) is 10.1. The summed E-state index contributed by atoms with van der Waals surface area (Å²) in [5.41, 5.74) is 2.62. The van der Waals surface area contributed by atoms with E-state index in [-0.39, 0.29) is 70.3 Å². The number of benzene rings is 3. The normalized spacial score (nSPS) is 11.0. The number of hydrogen-bond donors (Lipinski definition) is 1. The number of carbonyl (C=O) groups is 1. The topological polar surface area (TPSA) is 129 Å². The Morgan fingerprint density at radius 1 is 0.933 bits per heavy atom. The zero-order chi connectivity index (χ0) is 30.8. The zero-order valence-corrected chi connectivity index (χ0v) is 29.0. The molecule has 223 valence electrons. The van der Waals surface area contributed by atoms with Crippen molar-refractivity contribution >= 4 is 78.7 Å². The van der Waals surface area contributed by atoms with Crippen LogP contribution in [0.15, 0.2) is 97.8 Å². The van der Waals surface area contributed by atoms with Crippen LogP contribution in [0.3, 0.4) is 0 Å². The Hall–Kier alpha value is -3.65. The molecule has 3 aromatic carbocycles. The van der Waals surface area contributed by atoms with Gasteiger partial charge in [0.1, 0.15) is 10.6 Å². The fourth-order valence-corrected chi connectivity index (χ4v) is 6.18. The molecule has 3 heterocycles. The smallest absolute Gasteiger partial charge is 0.439 e. The number of Topliss-reactive ketones (excluding diaryl/α,β-unsaturated/α-hetero) is 1. The second kappa shape index (κ2) is 14.2. The molecule has 12 heteroatoms. The van der Waals surface area contributed by atoms with Gasteiger partial charge in [-0.15, -0.1) is 11.3 Å². The maximum atomic E-state index is 13.8. The molecule has 3 aromatic heterocycles. The van der Waals surface area contributed by atoms with E-state index in [1.807, 2.05) is 68.4 Å². The monoisotopic (exact) mass is 647 g/mol. The summed E-state index contributed by atoms with van der Waals surface area (Å²) < 4.78 is 12.7. The molecule has 1 N–H and O–H groups in total. The number of nitrogens with one attached hydrogen (secondary N) is 1. The number of ether oxygens (including phenoxy) is 1. The SMILES string of the molecule is CCOc1ccc(C(=O)Cn2c(=O)c3cc(CC)sc3n(Cc3ccc(-c4ccccc4-c4noc(=O)[nH]4)cc3)c2=O)cc1.[K]. The zero-order valence-electron chi connectivity index (χ0n) is 25.0. The first-order valence-corrected chi connectivity index (χ1v) is 14.9. The average Bonchev–Trinajstić information content (AvgIpc) is 3.69. The van der Waals surface area contributed by atoms with Gasteiger partial charge in [-0.3, -0.25) is 28.2 Å². The predicted octanol–water partition coefficient (Wildman–Crippen LogP) is 4.75. The minimum atomic E-state index is -0.635. The molecule has 0 unspecified atom stereocenters. The molecule has 0 spiro atoms. The summed E-state index contributed by atoms with van der Waals surface area (Å²) in [5.74, 6) is -0.0159.